The molecule has 8 heteroatoms. The maximum absolute atomic E-state index is 13.0. The van der Waals surface area contributed by atoms with Crippen molar-refractivity contribution >= 4 is 5.91 Å². The summed E-state index contributed by atoms with van der Waals surface area (Å²) in [6.45, 7) is 3.75. The number of likely N-dealkylation sites (tertiary alicyclic amines) is 1. The highest BCUT2D eigenvalue weighted by Gasteiger charge is 2.41. The van der Waals surface area contributed by atoms with Gasteiger partial charge in [0, 0.05) is 33.0 Å². The summed E-state index contributed by atoms with van der Waals surface area (Å²) in [6, 6.07) is 2.70. The third-order valence-corrected chi connectivity index (χ3v) is 5.54. The molecule has 1 amide bonds. The maximum Gasteiger partial charge on any atom is 0.272 e. The van der Waals surface area contributed by atoms with Gasteiger partial charge < -0.3 is 14.2 Å². The van der Waals surface area contributed by atoms with E-state index in [-0.39, 0.29) is 17.2 Å². The molecule has 0 saturated carbocycles. The molecule has 144 valence electrons. The molecule has 4 heterocycles. The lowest BCUT2D eigenvalue weighted by Gasteiger charge is -2.46. The largest absolute Gasteiger partial charge is 0.375 e. The molecule has 1 unspecified atom stereocenters. The van der Waals surface area contributed by atoms with Crippen molar-refractivity contribution in [2.45, 2.75) is 44.6 Å². The number of piperidine rings is 1. The molecule has 2 aliphatic rings. The van der Waals surface area contributed by atoms with Gasteiger partial charge in [0.2, 0.25) is 5.89 Å². The number of aromatic nitrogens is 3. The van der Waals surface area contributed by atoms with Crippen LogP contribution in [0.15, 0.2) is 22.9 Å². The van der Waals surface area contributed by atoms with E-state index in [0.29, 0.717) is 24.9 Å². The molecule has 1 spiro atoms. The molecule has 0 bridgehead atoms. The van der Waals surface area contributed by atoms with Crippen LogP contribution >= 0.6 is 0 Å². The number of rotatable bonds is 3. The van der Waals surface area contributed by atoms with Gasteiger partial charge in [-0.25, -0.2) is 9.37 Å². The molecule has 1 atom stereocenters. The van der Waals surface area contributed by atoms with Gasteiger partial charge in [0.1, 0.15) is 11.5 Å². The Morgan fingerprint density at radius 1 is 1.37 bits per heavy atom. The van der Waals surface area contributed by atoms with Gasteiger partial charge in [0.25, 0.3) is 5.91 Å². The van der Waals surface area contributed by atoms with Crippen molar-refractivity contribution in [1.82, 2.24) is 20.0 Å². The lowest BCUT2D eigenvalue weighted by atomic mass is 9.78. The summed E-state index contributed by atoms with van der Waals surface area (Å²) in [5, 5.41) is 4.00. The Hall–Kier alpha value is -2.35. The summed E-state index contributed by atoms with van der Waals surface area (Å²) < 4.78 is 24.2. The number of aryl methyl sites for hydroxylation is 1. The average molecular weight is 374 g/mol. The Balaban J connectivity index is 1.35. The first kappa shape index (κ1) is 18.0. The lowest BCUT2D eigenvalue weighted by Crippen LogP contribution is -2.51. The van der Waals surface area contributed by atoms with Crippen molar-refractivity contribution < 1.29 is 18.4 Å². The van der Waals surface area contributed by atoms with Gasteiger partial charge >= 0.3 is 0 Å². The summed E-state index contributed by atoms with van der Waals surface area (Å²) in [5.74, 6) is 1.20. The van der Waals surface area contributed by atoms with Crippen LogP contribution in [0.5, 0.6) is 0 Å². The number of halogens is 1. The molecule has 2 fully saturated rings. The second kappa shape index (κ2) is 7.34. The molecule has 2 aliphatic heterocycles. The molecule has 0 aliphatic carbocycles. The van der Waals surface area contributed by atoms with Crippen LogP contribution in [0.2, 0.25) is 0 Å². The molecule has 4 rings (SSSR count). The van der Waals surface area contributed by atoms with Crippen LogP contribution in [0.4, 0.5) is 4.39 Å². The normalized spacial score (nSPS) is 22.1. The zero-order chi connectivity index (χ0) is 18.9. The molecule has 27 heavy (non-hydrogen) atoms. The predicted molar refractivity (Wildman–Crippen MR) is 93.5 cm³/mol. The van der Waals surface area contributed by atoms with E-state index in [2.05, 4.69) is 15.1 Å². The van der Waals surface area contributed by atoms with Crippen molar-refractivity contribution in [3.8, 4) is 0 Å². The molecule has 7 nitrogen and oxygen atoms in total. The predicted octanol–water partition coefficient (Wildman–Crippen LogP) is 2.56. The van der Waals surface area contributed by atoms with E-state index < -0.39 is 5.82 Å². The average Bonchev–Trinajstić information content (AvgIpc) is 3.07. The highest BCUT2D eigenvalue weighted by molar-refractivity contribution is 5.92. The summed E-state index contributed by atoms with van der Waals surface area (Å²) in [5.41, 5.74) is 0.0941. The van der Waals surface area contributed by atoms with Crippen molar-refractivity contribution in [3.63, 3.8) is 0 Å². The molecular weight excluding hydrogens is 351 g/mol. The Labute approximate surface area is 156 Å². The second-order valence-corrected chi connectivity index (χ2v) is 7.48. The van der Waals surface area contributed by atoms with E-state index >= 15 is 0 Å². The number of hydrogen-bond acceptors (Lipinski definition) is 6. The van der Waals surface area contributed by atoms with Crippen LogP contribution in [-0.4, -0.2) is 51.2 Å². The highest BCUT2D eigenvalue weighted by atomic mass is 19.1. The second-order valence-electron chi connectivity index (χ2n) is 7.48. The Morgan fingerprint density at radius 3 is 2.85 bits per heavy atom. The first-order valence-electron chi connectivity index (χ1n) is 9.37. The number of carbonyl (C=O) groups is 1. The van der Waals surface area contributed by atoms with Gasteiger partial charge in [0.05, 0.1) is 11.8 Å². The van der Waals surface area contributed by atoms with E-state index in [9.17, 15) is 9.18 Å². The molecular formula is C19H23FN4O3. The van der Waals surface area contributed by atoms with Crippen LogP contribution in [-0.2, 0) is 11.2 Å². The zero-order valence-corrected chi connectivity index (χ0v) is 15.4. The van der Waals surface area contributed by atoms with Gasteiger partial charge in [-0.2, -0.15) is 4.98 Å². The quantitative estimate of drug-likeness (QED) is 0.821. The van der Waals surface area contributed by atoms with Crippen LogP contribution in [0, 0.1) is 18.7 Å². The topological polar surface area (TPSA) is 81.4 Å². The smallest absolute Gasteiger partial charge is 0.272 e. The van der Waals surface area contributed by atoms with Gasteiger partial charge in [-0.1, -0.05) is 5.16 Å². The fourth-order valence-electron chi connectivity index (χ4n) is 4.12. The SMILES string of the molecule is Cc1nc(CC2CCOC3(CCN(C(=O)c4ccc(F)cn4)CC3)C2)no1. The van der Waals surface area contributed by atoms with Crippen LogP contribution in [0.3, 0.4) is 0 Å². The number of hydrogen-bond donors (Lipinski definition) is 0. The van der Waals surface area contributed by atoms with Gasteiger partial charge in [-0.3, -0.25) is 4.79 Å². The van der Waals surface area contributed by atoms with Crippen molar-refractivity contribution in [3.05, 3.63) is 41.6 Å². The summed E-state index contributed by atoms with van der Waals surface area (Å²) in [6.07, 6.45) is 5.38. The van der Waals surface area contributed by atoms with Crippen molar-refractivity contribution in [2.24, 2.45) is 5.92 Å². The van der Waals surface area contributed by atoms with Gasteiger partial charge in [0.15, 0.2) is 5.82 Å². The summed E-state index contributed by atoms with van der Waals surface area (Å²) >= 11 is 0. The maximum atomic E-state index is 13.0. The summed E-state index contributed by atoms with van der Waals surface area (Å²) in [7, 11) is 0. The minimum absolute atomic E-state index is 0.153. The third-order valence-electron chi connectivity index (χ3n) is 5.54. The standard InChI is InChI=1S/C19H23FN4O3/c1-13-22-17(23-27-13)10-14-4-9-26-19(11-14)5-7-24(8-6-19)18(25)16-3-2-15(20)12-21-16/h2-3,12,14H,4-11H2,1H3. The molecule has 0 aromatic carbocycles. The molecule has 2 aromatic heterocycles. The minimum atomic E-state index is -0.442. The van der Waals surface area contributed by atoms with Crippen LogP contribution in [0.25, 0.3) is 0 Å². The Kier molecular flexibility index (Phi) is 4.90. The fraction of sp³-hybridized carbons (Fsp3) is 0.579. The van der Waals surface area contributed by atoms with E-state index in [0.717, 1.165) is 50.7 Å². The summed E-state index contributed by atoms with van der Waals surface area (Å²) in [4.78, 5) is 22.5. The number of nitrogens with zero attached hydrogens (tertiary/aromatic N) is 4. The highest BCUT2D eigenvalue weighted by Crippen LogP contribution is 2.38. The number of amides is 1. The molecule has 2 aromatic rings. The van der Waals surface area contributed by atoms with Gasteiger partial charge in [-0.05, 0) is 43.7 Å². The Morgan fingerprint density at radius 2 is 2.19 bits per heavy atom. The van der Waals surface area contributed by atoms with E-state index in [1.54, 1.807) is 11.8 Å². The number of pyridine rings is 1. The van der Waals surface area contributed by atoms with Crippen LogP contribution < -0.4 is 0 Å². The fourth-order valence-corrected chi connectivity index (χ4v) is 4.12. The van der Waals surface area contributed by atoms with Crippen molar-refractivity contribution in [1.29, 1.82) is 0 Å². The Bertz CT molecular complexity index is 800. The van der Waals surface area contributed by atoms with Crippen LogP contribution in [0.1, 0.15) is 47.9 Å². The monoisotopic (exact) mass is 374 g/mol. The zero-order valence-electron chi connectivity index (χ0n) is 15.4. The van der Waals surface area contributed by atoms with Crippen molar-refractivity contribution in [2.75, 3.05) is 19.7 Å². The first-order chi connectivity index (χ1) is 13.0. The molecule has 2 saturated heterocycles. The van der Waals surface area contributed by atoms with Gasteiger partial charge in [-0.15, -0.1) is 0 Å². The van der Waals surface area contributed by atoms with E-state index in [1.165, 1.54) is 12.1 Å². The molecule has 0 N–H and O–H groups in total. The third kappa shape index (κ3) is 4.00. The number of carbonyl (C=O) groups excluding carboxylic acids is 1. The van der Waals surface area contributed by atoms with E-state index in [4.69, 9.17) is 9.26 Å². The molecule has 0 radical (unpaired) electrons. The minimum Gasteiger partial charge on any atom is -0.375 e. The van der Waals surface area contributed by atoms with E-state index in [1.807, 2.05) is 0 Å². The number of ether oxygens (including phenoxy) is 1. The first-order valence-corrected chi connectivity index (χ1v) is 9.37. The lowest BCUT2D eigenvalue weighted by molar-refractivity contribution is -0.123.